The summed E-state index contributed by atoms with van der Waals surface area (Å²) in [6, 6.07) is 4.11. The Balaban J connectivity index is 3.01. The third kappa shape index (κ3) is 4.41. The van der Waals surface area contributed by atoms with Gasteiger partial charge in [-0.15, -0.1) is 0 Å². The Morgan fingerprint density at radius 2 is 2.05 bits per heavy atom. The van der Waals surface area contributed by atoms with Gasteiger partial charge in [0.25, 0.3) is 0 Å². The number of rotatable bonds is 5. The lowest BCUT2D eigenvalue weighted by atomic mass is 10.1. The first-order valence-corrected chi connectivity index (χ1v) is 6.47. The third-order valence-corrected chi connectivity index (χ3v) is 2.79. The van der Waals surface area contributed by atoms with Crippen LogP contribution in [-0.2, 0) is 19.1 Å². The molecule has 7 heteroatoms. The number of aliphatic imine (C=N–C) groups is 1. The molecule has 1 aromatic carbocycles. The highest BCUT2D eigenvalue weighted by Gasteiger charge is 2.34. The average Bonchev–Trinajstić information content (AvgIpc) is 2.41. The summed E-state index contributed by atoms with van der Waals surface area (Å²) in [7, 11) is 0. The molecular weight excluding hydrogens is 298 g/mol. The molecule has 0 heterocycles. The van der Waals surface area contributed by atoms with Gasteiger partial charge < -0.3 is 9.47 Å². The molecule has 0 aliphatic heterocycles. The number of benzene rings is 1. The van der Waals surface area contributed by atoms with Crippen LogP contribution in [0, 0.1) is 0 Å². The average molecular weight is 312 g/mol. The van der Waals surface area contributed by atoms with Crippen molar-refractivity contribution in [1.82, 2.24) is 0 Å². The van der Waals surface area contributed by atoms with Gasteiger partial charge in [0.1, 0.15) is 0 Å². The van der Waals surface area contributed by atoms with Crippen molar-refractivity contribution in [3.8, 4) is 0 Å². The molecule has 0 fully saturated rings. The van der Waals surface area contributed by atoms with Crippen LogP contribution in [0.1, 0.15) is 31.1 Å². The Morgan fingerprint density at radius 3 is 2.62 bits per heavy atom. The van der Waals surface area contributed by atoms with Crippen LogP contribution in [0.2, 0.25) is 5.02 Å². The SMILES string of the molecule is CCOC(=O)C(C)(C)OC(=O)c1cc(N=C=O)ccc1Cl. The molecule has 0 amide bonds. The van der Waals surface area contributed by atoms with Gasteiger partial charge in [-0.05, 0) is 39.0 Å². The molecule has 0 N–H and O–H groups in total. The molecule has 1 rings (SSSR count). The summed E-state index contributed by atoms with van der Waals surface area (Å²) in [5, 5.41) is 0.115. The smallest absolute Gasteiger partial charge is 0.350 e. The highest BCUT2D eigenvalue weighted by Crippen LogP contribution is 2.25. The van der Waals surface area contributed by atoms with Crippen LogP contribution in [-0.4, -0.2) is 30.2 Å². The van der Waals surface area contributed by atoms with Crippen molar-refractivity contribution in [2.75, 3.05) is 6.61 Å². The van der Waals surface area contributed by atoms with E-state index in [1.54, 1.807) is 6.92 Å². The van der Waals surface area contributed by atoms with Crippen molar-refractivity contribution in [3.63, 3.8) is 0 Å². The van der Waals surface area contributed by atoms with Crippen LogP contribution in [0.5, 0.6) is 0 Å². The van der Waals surface area contributed by atoms with Gasteiger partial charge in [-0.2, -0.15) is 4.99 Å². The highest BCUT2D eigenvalue weighted by molar-refractivity contribution is 6.33. The Labute approximate surface area is 126 Å². The first-order chi connectivity index (χ1) is 9.81. The van der Waals surface area contributed by atoms with Crippen LogP contribution >= 0.6 is 11.6 Å². The molecule has 0 saturated heterocycles. The number of hydrogen-bond donors (Lipinski definition) is 0. The summed E-state index contributed by atoms with van der Waals surface area (Å²) < 4.78 is 9.93. The number of esters is 2. The zero-order valence-electron chi connectivity index (χ0n) is 11.8. The maximum Gasteiger partial charge on any atom is 0.350 e. The molecule has 0 aliphatic rings. The summed E-state index contributed by atoms with van der Waals surface area (Å²) in [6.07, 6.45) is 1.36. The van der Waals surface area contributed by atoms with E-state index in [9.17, 15) is 14.4 Å². The lowest BCUT2D eigenvalue weighted by Crippen LogP contribution is -2.38. The highest BCUT2D eigenvalue weighted by atomic mass is 35.5. The molecule has 0 saturated carbocycles. The number of ether oxygens (including phenoxy) is 2. The van der Waals surface area contributed by atoms with E-state index in [2.05, 4.69) is 4.99 Å². The lowest BCUT2D eigenvalue weighted by Gasteiger charge is -2.22. The van der Waals surface area contributed by atoms with Crippen LogP contribution in [0.25, 0.3) is 0 Å². The van der Waals surface area contributed by atoms with Crippen LogP contribution in [0.4, 0.5) is 5.69 Å². The second-order valence-electron chi connectivity index (χ2n) is 4.49. The topological polar surface area (TPSA) is 82.0 Å². The number of carbonyl (C=O) groups excluding carboxylic acids is 3. The van der Waals surface area contributed by atoms with Crippen LogP contribution in [0.15, 0.2) is 23.2 Å². The van der Waals surface area contributed by atoms with E-state index < -0.39 is 17.5 Å². The normalized spacial score (nSPS) is 10.5. The monoisotopic (exact) mass is 311 g/mol. The van der Waals surface area contributed by atoms with Gasteiger partial charge in [0.2, 0.25) is 11.7 Å². The molecule has 0 radical (unpaired) electrons. The number of carbonyl (C=O) groups is 2. The van der Waals surface area contributed by atoms with Gasteiger partial charge in [0, 0.05) is 0 Å². The number of hydrogen-bond acceptors (Lipinski definition) is 6. The second kappa shape index (κ2) is 7.02. The minimum atomic E-state index is -1.46. The van der Waals surface area contributed by atoms with Gasteiger partial charge in [-0.3, -0.25) is 0 Å². The van der Waals surface area contributed by atoms with Crippen LogP contribution in [0.3, 0.4) is 0 Å². The molecule has 112 valence electrons. The molecule has 0 unspecified atom stereocenters. The largest absolute Gasteiger partial charge is 0.463 e. The zero-order valence-corrected chi connectivity index (χ0v) is 12.6. The quantitative estimate of drug-likeness (QED) is 0.474. The molecule has 21 heavy (non-hydrogen) atoms. The van der Waals surface area contributed by atoms with Gasteiger partial charge in [-0.25, -0.2) is 14.4 Å². The summed E-state index contributed by atoms with van der Waals surface area (Å²) in [5.74, 6) is -1.49. The fraction of sp³-hybridized carbons (Fsp3) is 0.357. The first kappa shape index (κ1) is 16.9. The fourth-order valence-electron chi connectivity index (χ4n) is 1.43. The summed E-state index contributed by atoms with van der Waals surface area (Å²) >= 11 is 5.90. The van der Waals surface area contributed by atoms with Gasteiger partial charge in [0.15, 0.2) is 0 Å². The Morgan fingerprint density at radius 1 is 1.38 bits per heavy atom. The maximum atomic E-state index is 12.1. The van der Waals surface area contributed by atoms with Crippen molar-refractivity contribution < 1.29 is 23.9 Å². The van der Waals surface area contributed by atoms with E-state index in [0.29, 0.717) is 0 Å². The third-order valence-electron chi connectivity index (χ3n) is 2.46. The summed E-state index contributed by atoms with van der Waals surface area (Å²) in [6.45, 7) is 4.63. The molecule has 0 atom stereocenters. The standard InChI is InChI=1S/C14H14ClNO5/c1-4-20-13(19)14(2,3)21-12(18)10-7-9(16-8-17)5-6-11(10)15/h5-7H,4H2,1-3H3. The predicted molar refractivity (Wildman–Crippen MR) is 75.4 cm³/mol. The molecular formula is C14H14ClNO5. The van der Waals surface area contributed by atoms with Crippen LogP contribution < -0.4 is 0 Å². The Kier molecular flexibility index (Phi) is 5.64. The minimum Gasteiger partial charge on any atom is -0.463 e. The van der Waals surface area contributed by atoms with Gasteiger partial charge in [0.05, 0.1) is 22.9 Å². The first-order valence-electron chi connectivity index (χ1n) is 6.09. The molecule has 0 bridgehead atoms. The van der Waals surface area contributed by atoms with Crippen molar-refractivity contribution >= 4 is 35.3 Å². The van der Waals surface area contributed by atoms with Gasteiger partial charge in [-0.1, -0.05) is 11.6 Å². The molecule has 0 aromatic heterocycles. The summed E-state index contributed by atoms with van der Waals surface area (Å²) in [4.78, 5) is 37.4. The number of isocyanates is 1. The maximum absolute atomic E-state index is 12.1. The van der Waals surface area contributed by atoms with Crippen molar-refractivity contribution in [3.05, 3.63) is 28.8 Å². The Hall–Kier alpha value is -2.17. The molecule has 1 aromatic rings. The van der Waals surface area contributed by atoms with E-state index in [4.69, 9.17) is 21.1 Å². The van der Waals surface area contributed by atoms with E-state index in [1.165, 1.54) is 38.1 Å². The van der Waals surface area contributed by atoms with E-state index >= 15 is 0 Å². The van der Waals surface area contributed by atoms with Crippen molar-refractivity contribution in [2.45, 2.75) is 26.4 Å². The van der Waals surface area contributed by atoms with E-state index in [0.717, 1.165) is 0 Å². The Bertz CT molecular complexity index is 605. The number of halogens is 1. The van der Waals surface area contributed by atoms with Crippen molar-refractivity contribution in [2.24, 2.45) is 4.99 Å². The fourth-order valence-corrected chi connectivity index (χ4v) is 1.62. The lowest BCUT2D eigenvalue weighted by molar-refractivity contribution is -0.161. The molecule has 6 nitrogen and oxygen atoms in total. The van der Waals surface area contributed by atoms with E-state index in [1.807, 2.05) is 0 Å². The minimum absolute atomic E-state index is 0.00876. The molecule has 0 spiro atoms. The zero-order chi connectivity index (χ0) is 16.0. The number of nitrogens with zero attached hydrogens (tertiary/aromatic N) is 1. The van der Waals surface area contributed by atoms with E-state index in [-0.39, 0.29) is 22.9 Å². The van der Waals surface area contributed by atoms with Crippen molar-refractivity contribution in [1.29, 1.82) is 0 Å². The molecule has 0 aliphatic carbocycles. The second-order valence-corrected chi connectivity index (χ2v) is 4.89. The summed E-state index contributed by atoms with van der Waals surface area (Å²) in [5.41, 5.74) is -1.26. The predicted octanol–water partition coefficient (Wildman–Crippen LogP) is 2.81. The van der Waals surface area contributed by atoms with Gasteiger partial charge >= 0.3 is 11.9 Å².